The molecule has 1 aromatic rings. The van der Waals surface area contributed by atoms with E-state index in [1.54, 1.807) is 12.1 Å². The summed E-state index contributed by atoms with van der Waals surface area (Å²) in [6.07, 6.45) is 3.73. The predicted octanol–water partition coefficient (Wildman–Crippen LogP) is 2.26. The van der Waals surface area contributed by atoms with Crippen LogP contribution in [-0.4, -0.2) is 16.9 Å². The van der Waals surface area contributed by atoms with Gasteiger partial charge in [0.25, 0.3) is 5.91 Å². The van der Waals surface area contributed by atoms with Crippen LogP contribution in [0.4, 0.5) is 0 Å². The summed E-state index contributed by atoms with van der Waals surface area (Å²) >= 11 is 5.64. The molecule has 1 fully saturated rings. The summed E-state index contributed by atoms with van der Waals surface area (Å²) < 4.78 is 0. The van der Waals surface area contributed by atoms with Crippen LogP contribution >= 0.6 is 11.6 Å². The molecule has 1 saturated carbocycles. The van der Waals surface area contributed by atoms with E-state index < -0.39 is 0 Å². The molecular weight excluding hydrogens is 212 g/mol. The van der Waals surface area contributed by atoms with Gasteiger partial charge in [0, 0.05) is 12.2 Å². The molecule has 1 aliphatic carbocycles. The molecule has 2 rings (SSSR count). The number of halogens is 1. The van der Waals surface area contributed by atoms with E-state index in [-0.39, 0.29) is 5.91 Å². The lowest BCUT2D eigenvalue weighted by atomic mass is 10.2. The Hall–Kier alpha value is -1.09. The average Bonchev–Trinajstić information content (AvgIpc) is 2.97. The van der Waals surface area contributed by atoms with E-state index in [1.807, 2.05) is 0 Å². The van der Waals surface area contributed by atoms with Crippen molar-refractivity contribution in [1.29, 1.82) is 0 Å². The van der Waals surface area contributed by atoms with Gasteiger partial charge in [-0.05, 0) is 24.5 Å². The number of hydrogen-bond acceptors (Lipinski definition) is 2. The minimum Gasteiger partial charge on any atom is -0.349 e. The van der Waals surface area contributed by atoms with Gasteiger partial charge in [-0.3, -0.25) is 4.79 Å². The number of aromatic nitrogens is 1. The third-order valence-electron chi connectivity index (χ3n) is 2.75. The van der Waals surface area contributed by atoms with E-state index >= 15 is 0 Å². The molecular formula is C11H13ClN2O. The molecule has 0 bridgehead atoms. The van der Waals surface area contributed by atoms with Crippen molar-refractivity contribution >= 4 is 17.5 Å². The SMILES string of the molecule is CCC1CC1NC(=O)c1ccc(Cl)nc1. The largest absolute Gasteiger partial charge is 0.349 e. The second-order valence-corrected chi connectivity index (χ2v) is 4.24. The molecule has 0 radical (unpaired) electrons. The van der Waals surface area contributed by atoms with Crippen LogP contribution in [0.15, 0.2) is 18.3 Å². The second-order valence-electron chi connectivity index (χ2n) is 3.85. The van der Waals surface area contributed by atoms with Gasteiger partial charge >= 0.3 is 0 Å². The number of rotatable bonds is 3. The summed E-state index contributed by atoms with van der Waals surface area (Å²) in [6.45, 7) is 2.14. The zero-order valence-corrected chi connectivity index (χ0v) is 9.29. The lowest BCUT2D eigenvalue weighted by Gasteiger charge is -2.03. The van der Waals surface area contributed by atoms with E-state index in [0.717, 1.165) is 12.8 Å². The van der Waals surface area contributed by atoms with Crippen LogP contribution < -0.4 is 5.32 Å². The highest BCUT2D eigenvalue weighted by atomic mass is 35.5. The highest BCUT2D eigenvalue weighted by Gasteiger charge is 2.36. The molecule has 2 unspecified atom stereocenters. The predicted molar refractivity (Wildman–Crippen MR) is 58.9 cm³/mol. The summed E-state index contributed by atoms with van der Waals surface area (Å²) in [6, 6.07) is 3.67. The Balaban J connectivity index is 1.94. The smallest absolute Gasteiger partial charge is 0.253 e. The van der Waals surface area contributed by atoms with Gasteiger partial charge in [-0.1, -0.05) is 24.9 Å². The number of amides is 1. The molecule has 1 heterocycles. The first kappa shape index (κ1) is 10.4. The lowest BCUT2D eigenvalue weighted by Crippen LogP contribution is -2.26. The van der Waals surface area contributed by atoms with E-state index in [0.29, 0.717) is 22.7 Å². The van der Waals surface area contributed by atoms with E-state index in [1.165, 1.54) is 6.20 Å². The first-order valence-electron chi connectivity index (χ1n) is 5.13. The van der Waals surface area contributed by atoms with Gasteiger partial charge in [-0.25, -0.2) is 4.98 Å². The number of pyridine rings is 1. The molecule has 2 atom stereocenters. The second kappa shape index (κ2) is 4.19. The first-order chi connectivity index (χ1) is 7.20. The number of nitrogens with zero attached hydrogens (tertiary/aromatic N) is 1. The number of nitrogens with one attached hydrogen (secondary N) is 1. The van der Waals surface area contributed by atoms with Crippen LogP contribution in [0, 0.1) is 5.92 Å². The number of carbonyl (C=O) groups excluding carboxylic acids is 1. The molecule has 80 valence electrons. The van der Waals surface area contributed by atoms with Crippen molar-refractivity contribution in [3.8, 4) is 0 Å². The lowest BCUT2D eigenvalue weighted by molar-refractivity contribution is 0.0948. The first-order valence-corrected chi connectivity index (χ1v) is 5.51. The Morgan fingerprint density at radius 1 is 1.67 bits per heavy atom. The van der Waals surface area contributed by atoms with Crippen LogP contribution in [0.5, 0.6) is 0 Å². The fraction of sp³-hybridized carbons (Fsp3) is 0.455. The van der Waals surface area contributed by atoms with Crippen molar-refractivity contribution in [2.45, 2.75) is 25.8 Å². The molecule has 15 heavy (non-hydrogen) atoms. The van der Waals surface area contributed by atoms with E-state index in [4.69, 9.17) is 11.6 Å². The standard InChI is InChI=1S/C11H13ClN2O/c1-2-7-5-9(7)14-11(15)8-3-4-10(12)13-6-8/h3-4,6-7,9H,2,5H2,1H3,(H,14,15). The maximum absolute atomic E-state index is 11.7. The Bertz CT molecular complexity index is 363. The zero-order chi connectivity index (χ0) is 10.8. The van der Waals surface area contributed by atoms with Crippen LogP contribution in [0.25, 0.3) is 0 Å². The molecule has 3 nitrogen and oxygen atoms in total. The summed E-state index contributed by atoms with van der Waals surface area (Å²) in [7, 11) is 0. The Morgan fingerprint density at radius 2 is 2.47 bits per heavy atom. The number of hydrogen-bond donors (Lipinski definition) is 1. The minimum atomic E-state index is -0.0554. The zero-order valence-electron chi connectivity index (χ0n) is 8.53. The monoisotopic (exact) mass is 224 g/mol. The maximum Gasteiger partial charge on any atom is 0.253 e. The average molecular weight is 225 g/mol. The van der Waals surface area contributed by atoms with Crippen LogP contribution in [0.3, 0.4) is 0 Å². The number of carbonyl (C=O) groups is 1. The Labute approximate surface area is 93.8 Å². The van der Waals surface area contributed by atoms with Crippen LogP contribution in [0.1, 0.15) is 30.1 Å². The molecule has 0 aliphatic heterocycles. The quantitative estimate of drug-likeness (QED) is 0.801. The van der Waals surface area contributed by atoms with Crippen LogP contribution in [-0.2, 0) is 0 Å². The molecule has 0 saturated heterocycles. The van der Waals surface area contributed by atoms with Gasteiger partial charge in [-0.15, -0.1) is 0 Å². The van der Waals surface area contributed by atoms with Crippen molar-refractivity contribution in [2.24, 2.45) is 5.92 Å². The van der Waals surface area contributed by atoms with Gasteiger partial charge in [0.2, 0.25) is 0 Å². The third-order valence-corrected chi connectivity index (χ3v) is 2.98. The van der Waals surface area contributed by atoms with Crippen molar-refractivity contribution in [1.82, 2.24) is 10.3 Å². The summed E-state index contributed by atoms with van der Waals surface area (Å²) in [5.41, 5.74) is 0.571. The van der Waals surface area contributed by atoms with Gasteiger partial charge in [0.1, 0.15) is 5.15 Å². The fourth-order valence-electron chi connectivity index (χ4n) is 1.64. The van der Waals surface area contributed by atoms with Crippen molar-refractivity contribution in [2.75, 3.05) is 0 Å². The normalized spacial score (nSPS) is 23.6. The molecule has 4 heteroatoms. The van der Waals surface area contributed by atoms with Crippen molar-refractivity contribution in [3.05, 3.63) is 29.0 Å². The minimum absolute atomic E-state index is 0.0554. The van der Waals surface area contributed by atoms with Crippen LogP contribution in [0.2, 0.25) is 5.15 Å². The summed E-state index contributed by atoms with van der Waals surface area (Å²) in [5, 5.41) is 3.38. The van der Waals surface area contributed by atoms with Gasteiger partial charge in [-0.2, -0.15) is 0 Å². The molecule has 1 aliphatic rings. The molecule has 0 spiro atoms. The van der Waals surface area contributed by atoms with E-state index in [2.05, 4.69) is 17.2 Å². The van der Waals surface area contributed by atoms with Gasteiger partial charge in [0.05, 0.1) is 5.56 Å². The summed E-state index contributed by atoms with van der Waals surface area (Å²) in [4.78, 5) is 15.5. The Morgan fingerprint density at radius 3 is 3.00 bits per heavy atom. The van der Waals surface area contributed by atoms with Gasteiger partial charge < -0.3 is 5.32 Å². The van der Waals surface area contributed by atoms with Gasteiger partial charge in [0.15, 0.2) is 0 Å². The third kappa shape index (κ3) is 2.48. The topological polar surface area (TPSA) is 42.0 Å². The highest BCUT2D eigenvalue weighted by Crippen LogP contribution is 2.33. The molecule has 0 aromatic carbocycles. The molecule has 1 amide bonds. The molecule has 1 aromatic heterocycles. The maximum atomic E-state index is 11.7. The fourth-order valence-corrected chi connectivity index (χ4v) is 1.75. The molecule has 1 N–H and O–H groups in total. The highest BCUT2D eigenvalue weighted by molar-refractivity contribution is 6.29. The van der Waals surface area contributed by atoms with E-state index in [9.17, 15) is 4.79 Å². The van der Waals surface area contributed by atoms with Crippen molar-refractivity contribution < 1.29 is 4.79 Å². The Kier molecular flexibility index (Phi) is 2.91. The van der Waals surface area contributed by atoms with Crippen molar-refractivity contribution in [3.63, 3.8) is 0 Å². The summed E-state index contributed by atoms with van der Waals surface area (Å²) in [5.74, 6) is 0.606.